The van der Waals surface area contributed by atoms with Crippen LogP contribution in [0.2, 0.25) is 0 Å². The Kier molecular flexibility index (Phi) is 2.57. The van der Waals surface area contributed by atoms with E-state index in [1.54, 1.807) is 6.92 Å². The maximum atomic E-state index is 10.9. The van der Waals surface area contributed by atoms with Crippen LogP contribution in [0.4, 0.5) is 0 Å². The van der Waals surface area contributed by atoms with Gasteiger partial charge in [-0.1, -0.05) is 4.99 Å². The highest BCUT2D eigenvalue weighted by Gasteiger charge is 2.29. The van der Waals surface area contributed by atoms with Crippen LogP contribution in [0.3, 0.4) is 0 Å². The minimum absolute atomic E-state index is 0.0544. The summed E-state index contributed by atoms with van der Waals surface area (Å²) in [5.74, 6) is -0.526. The second-order valence-corrected chi connectivity index (χ2v) is 2.32. The van der Waals surface area contributed by atoms with Crippen LogP contribution in [0.25, 0.3) is 0 Å². The van der Waals surface area contributed by atoms with Crippen molar-refractivity contribution >= 4 is 26.7 Å². The molecule has 0 radical (unpaired) electrons. The molecule has 0 bridgehead atoms. The van der Waals surface area contributed by atoms with Gasteiger partial charge in [-0.2, -0.15) is 4.79 Å². The van der Waals surface area contributed by atoms with Crippen LogP contribution in [0.1, 0.15) is 6.92 Å². The molecule has 58 valence electrons. The molecule has 1 rings (SSSR count). The van der Waals surface area contributed by atoms with Gasteiger partial charge in [0.05, 0.1) is 0 Å². The largest absolute Gasteiger partial charge is 0.470 e. The summed E-state index contributed by atoms with van der Waals surface area (Å²) in [6.07, 6.45) is 2.28. The van der Waals surface area contributed by atoms with E-state index < -0.39 is 5.97 Å². The van der Waals surface area contributed by atoms with E-state index >= 15 is 0 Å². The average Bonchev–Trinajstić information content (AvgIpc) is 2.36. The fourth-order valence-corrected chi connectivity index (χ4v) is 0.769. The monoisotopic (exact) mass is 218 g/mol. The minimum Gasteiger partial charge on any atom is -0.401 e. The number of rotatable bonds is 2. The lowest BCUT2D eigenvalue weighted by Gasteiger charge is -1.87. The number of halogens is 1. The fraction of sp³-hybridized carbons (Fsp3) is 0.333. The van der Waals surface area contributed by atoms with E-state index in [9.17, 15) is 4.79 Å². The zero-order valence-corrected chi connectivity index (χ0v) is 7.34. The van der Waals surface area contributed by atoms with Gasteiger partial charge in [0.15, 0.2) is 0 Å². The third-order valence-electron chi connectivity index (χ3n) is 0.900. The summed E-state index contributed by atoms with van der Waals surface area (Å²) < 4.78 is 9.24. The molecular weight excluding hydrogens is 214 g/mol. The minimum atomic E-state index is -0.526. The number of nitrogens with zero attached hydrogens (tertiary/aromatic N) is 1. The maximum absolute atomic E-state index is 10.9. The van der Waals surface area contributed by atoms with Gasteiger partial charge in [0.1, 0.15) is 22.5 Å². The molecule has 0 saturated carbocycles. The van der Waals surface area contributed by atoms with Crippen LogP contribution in [-0.2, 0) is 14.3 Å². The molecule has 0 fully saturated rings. The molecule has 0 amide bonds. The Morgan fingerprint density at radius 3 is 3.09 bits per heavy atom. The van der Waals surface area contributed by atoms with Gasteiger partial charge in [-0.3, -0.25) is 4.74 Å². The molecule has 0 unspecified atom stereocenters. The summed E-state index contributed by atoms with van der Waals surface area (Å²) in [5, 5.41) is 0. The molecule has 0 aliphatic carbocycles. The SMILES string of the molecule is CCOC(=O)C1=[C+]OC(Br)=N1. The van der Waals surface area contributed by atoms with E-state index in [0.717, 1.165) is 0 Å². The van der Waals surface area contributed by atoms with Crippen molar-refractivity contribution in [2.45, 2.75) is 6.92 Å². The topological polar surface area (TPSA) is 47.9 Å². The van der Waals surface area contributed by atoms with Gasteiger partial charge in [-0.15, -0.1) is 0 Å². The quantitative estimate of drug-likeness (QED) is 0.513. The number of carbonyl (C=O) groups excluding carboxylic acids is 1. The van der Waals surface area contributed by atoms with Crippen LogP contribution in [0.5, 0.6) is 0 Å². The molecule has 0 spiro atoms. The fourth-order valence-electron chi connectivity index (χ4n) is 0.511. The van der Waals surface area contributed by atoms with Crippen LogP contribution >= 0.6 is 15.9 Å². The van der Waals surface area contributed by atoms with E-state index in [0.29, 0.717) is 6.61 Å². The number of hydrogen-bond donors (Lipinski definition) is 0. The van der Waals surface area contributed by atoms with Gasteiger partial charge in [0.25, 0.3) is 6.26 Å². The van der Waals surface area contributed by atoms with Crippen molar-refractivity contribution in [1.82, 2.24) is 0 Å². The highest BCUT2D eigenvalue weighted by Crippen LogP contribution is 2.11. The Labute approximate surface area is 72.0 Å². The molecule has 1 heterocycles. The van der Waals surface area contributed by atoms with Gasteiger partial charge >= 0.3 is 16.5 Å². The highest BCUT2D eigenvalue weighted by molar-refractivity contribution is 9.18. The van der Waals surface area contributed by atoms with Crippen molar-refractivity contribution in [2.75, 3.05) is 6.61 Å². The van der Waals surface area contributed by atoms with Gasteiger partial charge in [-0.25, -0.2) is 0 Å². The molecule has 5 heteroatoms. The molecule has 0 N–H and O–H groups in total. The van der Waals surface area contributed by atoms with Crippen molar-refractivity contribution < 1.29 is 14.3 Å². The smallest absolute Gasteiger partial charge is 0.401 e. The average molecular weight is 219 g/mol. The third kappa shape index (κ3) is 2.00. The van der Waals surface area contributed by atoms with E-state index in [1.165, 1.54) is 0 Å². The Morgan fingerprint density at radius 2 is 2.64 bits per heavy atom. The number of aliphatic imine (C=N–C) groups is 1. The normalized spacial score (nSPS) is 14.4. The summed E-state index contributed by atoms with van der Waals surface area (Å²) in [6, 6.07) is 0. The molecule has 0 aromatic rings. The van der Waals surface area contributed by atoms with E-state index in [2.05, 4.69) is 36.7 Å². The van der Waals surface area contributed by atoms with Crippen molar-refractivity contribution in [3.63, 3.8) is 0 Å². The lowest BCUT2D eigenvalue weighted by molar-refractivity contribution is -0.138. The number of hydrogen-bond acceptors (Lipinski definition) is 4. The number of carbonyl (C=O) groups is 1. The van der Waals surface area contributed by atoms with Crippen molar-refractivity contribution in [3.8, 4) is 0 Å². The van der Waals surface area contributed by atoms with Gasteiger partial charge in [0, 0.05) is 0 Å². The van der Waals surface area contributed by atoms with Gasteiger partial charge < -0.3 is 4.74 Å². The first kappa shape index (κ1) is 8.17. The third-order valence-corrected chi connectivity index (χ3v) is 1.24. The zero-order chi connectivity index (χ0) is 8.27. The van der Waals surface area contributed by atoms with Crippen LogP contribution in [0.15, 0.2) is 10.7 Å². The Morgan fingerprint density at radius 1 is 1.91 bits per heavy atom. The predicted molar refractivity (Wildman–Crippen MR) is 40.8 cm³/mol. The molecule has 0 aromatic carbocycles. The maximum Gasteiger partial charge on any atom is 0.470 e. The Bertz CT molecular complexity index is 234. The van der Waals surface area contributed by atoms with E-state index in [1.807, 2.05) is 0 Å². The molecular formula is C6H5BrNO3+. The Hall–Kier alpha value is -0.930. The molecule has 4 nitrogen and oxygen atoms in total. The number of ether oxygens (including phenoxy) is 2. The molecule has 0 atom stereocenters. The first-order valence-corrected chi connectivity index (χ1v) is 3.74. The van der Waals surface area contributed by atoms with Crippen molar-refractivity contribution in [3.05, 3.63) is 12.0 Å². The van der Waals surface area contributed by atoms with Crippen LogP contribution in [0, 0.1) is 6.26 Å². The molecule has 11 heavy (non-hydrogen) atoms. The first-order valence-electron chi connectivity index (χ1n) is 2.95. The van der Waals surface area contributed by atoms with Crippen LogP contribution in [-0.4, -0.2) is 17.4 Å². The number of esters is 1. The second-order valence-electron chi connectivity index (χ2n) is 1.64. The Balaban J connectivity index is 2.56. The molecule has 1 aliphatic heterocycles. The molecule has 0 saturated heterocycles. The van der Waals surface area contributed by atoms with Crippen molar-refractivity contribution in [2.24, 2.45) is 4.99 Å². The molecule has 1 aliphatic rings. The first-order chi connectivity index (χ1) is 5.24. The second kappa shape index (κ2) is 3.46. The molecule has 0 aromatic heterocycles. The van der Waals surface area contributed by atoms with E-state index in [4.69, 9.17) is 0 Å². The lowest BCUT2D eigenvalue weighted by atomic mass is 10.5. The highest BCUT2D eigenvalue weighted by atomic mass is 79.9. The predicted octanol–water partition coefficient (Wildman–Crippen LogP) is 0.975. The van der Waals surface area contributed by atoms with Gasteiger partial charge in [-0.05, 0) is 6.92 Å². The van der Waals surface area contributed by atoms with Crippen LogP contribution < -0.4 is 0 Å². The summed E-state index contributed by atoms with van der Waals surface area (Å²) >= 11 is 2.93. The standard InChI is InChI=1S/C6H5BrNO3/c1-2-10-5(9)4-3-11-6(7)8-4/h2H2,1H3/q+1. The van der Waals surface area contributed by atoms with Gasteiger partial charge in [0.2, 0.25) is 0 Å². The lowest BCUT2D eigenvalue weighted by Crippen LogP contribution is -2.04. The summed E-state index contributed by atoms with van der Waals surface area (Å²) in [5.41, 5.74) is 0.0544. The summed E-state index contributed by atoms with van der Waals surface area (Å²) in [6.45, 7) is 2.03. The van der Waals surface area contributed by atoms with Crippen molar-refractivity contribution in [1.29, 1.82) is 0 Å². The zero-order valence-electron chi connectivity index (χ0n) is 5.76. The van der Waals surface area contributed by atoms with E-state index in [-0.39, 0.29) is 10.5 Å². The summed E-state index contributed by atoms with van der Waals surface area (Å²) in [7, 11) is 0. The summed E-state index contributed by atoms with van der Waals surface area (Å²) in [4.78, 5) is 14.7.